The highest BCUT2D eigenvalue weighted by atomic mass is 19.4. The van der Waals surface area contributed by atoms with Gasteiger partial charge in [0.05, 0.1) is 5.56 Å². The highest BCUT2D eigenvalue weighted by molar-refractivity contribution is 5.83. The molecule has 0 radical (unpaired) electrons. The third kappa shape index (κ3) is 6.26. The summed E-state index contributed by atoms with van der Waals surface area (Å²) in [5.74, 6) is 0.0554. The molecule has 0 spiro atoms. The van der Waals surface area contributed by atoms with Gasteiger partial charge in [-0.3, -0.25) is 9.59 Å². The molecule has 1 saturated heterocycles. The van der Waals surface area contributed by atoms with Crippen LogP contribution in [0, 0.1) is 5.92 Å². The first-order valence-corrected chi connectivity index (χ1v) is 9.31. The molecule has 1 aliphatic heterocycles. The first-order valence-electron chi connectivity index (χ1n) is 9.31. The summed E-state index contributed by atoms with van der Waals surface area (Å²) in [6, 6.07) is 5.68. The molecule has 1 aromatic rings. The smallest absolute Gasteiger partial charge is 0.349 e. The number of rotatable bonds is 6. The van der Waals surface area contributed by atoms with Crippen molar-refractivity contribution >= 4 is 11.8 Å². The Balaban J connectivity index is 1.88. The highest BCUT2D eigenvalue weighted by Gasteiger charge is 2.33. The summed E-state index contributed by atoms with van der Waals surface area (Å²) in [6.07, 6.45) is -1.25. The molecule has 0 N–H and O–H groups in total. The van der Waals surface area contributed by atoms with E-state index in [4.69, 9.17) is 0 Å². The van der Waals surface area contributed by atoms with E-state index in [0.717, 1.165) is 18.9 Å². The topological polar surface area (TPSA) is 40.6 Å². The predicted octanol–water partition coefficient (Wildman–Crippen LogP) is 3.75. The van der Waals surface area contributed by atoms with Gasteiger partial charge in [0.25, 0.3) is 0 Å². The maximum absolute atomic E-state index is 13.1. The zero-order valence-corrected chi connectivity index (χ0v) is 15.9. The average Bonchev–Trinajstić information content (AvgIpc) is 2.63. The monoisotopic (exact) mass is 384 g/mol. The largest absolute Gasteiger partial charge is 0.416 e. The summed E-state index contributed by atoms with van der Waals surface area (Å²) in [6.45, 7) is 1.22. The van der Waals surface area contributed by atoms with Crippen LogP contribution in [0.15, 0.2) is 24.3 Å². The molecule has 1 fully saturated rings. The van der Waals surface area contributed by atoms with E-state index in [9.17, 15) is 22.8 Å². The van der Waals surface area contributed by atoms with E-state index >= 15 is 0 Å². The number of aryl methyl sites for hydroxylation is 1. The normalized spacial score (nSPS) is 17.7. The molecule has 0 saturated carbocycles. The fraction of sp³-hybridized carbons (Fsp3) is 0.600. The summed E-state index contributed by atoms with van der Waals surface area (Å²) >= 11 is 0. The number of hydrogen-bond donors (Lipinski definition) is 0. The number of nitrogens with zero attached hydrogens (tertiary/aromatic N) is 2. The van der Waals surface area contributed by atoms with Crippen LogP contribution in [-0.4, -0.2) is 48.8 Å². The number of carbonyl (C=O) groups excluding carboxylic acids is 2. The van der Waals surface area contributed by atoms with E-state index in [1.165, 1.54) is 17.0 Å². The van der Waals surface area contributed by atoms with E-state index in [-0.39, 0.29) is 30.6 Å². The molecule has 1 aliphatic rings. The first-order chi connectivity index (χ1) is 12.7. The molecule has 27 heavy (non-hydrogen) atoms. The van der Waals surface area contributed by atoms with Gasteiger partial charge < -0.3 is 9.80 Å². The summed E-state index contributed by atoms with van der Waals surface area (Å²) in [4.78, 5) is 27.2. The summed E-state index contributed by atoms with van der Waals surface area (Å²) < 4.78 is 39.3. The van der Waals surface area contributed by atoms with Crippen LogP contribution in [0.25, 0.3) is 0 Å². The third-order valence-corrected chi connectivity index (χ3v) is 5.07. The Morgan fingerprint density at radius 2 is 1.89 bits per heavy atom. The number of amides is 2. The fourth-order valence-corrected chi connectivity index (χ4v) is 3.50. The van der Waals surface area contributed by atoms with Crippen LogP contribution >= 0.6 is 0 Å². The average molecular weight is 384 g/mol. The minimum absolute atomic E-state index is 0.0504. The number of likely N-dealkylation sites (tertiary alicyclic amines) is 1. The SMILES string of the molecule is CN(C)C(=O)CCC(=O)N1CCCC(CCc2ccccc2C(F)(F)F)C1. The van der Waals surface area contributed by atoms with Crippen LogP contribution in [0.3, 0.4) is 0 Å². The maximum Gasteiger partial charge on any atom is 0.416 e. The number of hydrogen-bond acceptors (Lipinski definition) is 2. The molecule has 0 bridgehead atoms. The Bertz CT molecular complexity index is 659. The second kappa shape index (κ2) is 9.24. The van der Waals surface area contributed by atoms with E-state index in [1.54, 1.807) is 25.1 Å². The quantitative estimate of drug-likeness (QED) is 0.750. The van der Waals surface area contributed by atoms with E-state index in [1.807, 2.05) is 0 Å². The molecular weight excluding hydrogens is 357 g/mol. The fourth-order valence-electron chi connectivity index (χ4n) is 3.50. The number of carbonyl (C=O) groups is 2. The summed E-state index contributed by atoms with van der Waals surface area (Å²) in [7, 11) is 3.31. The third-order valence-electron chi connectivity index (χ3n) is 5.07. The van der Waals surface area contributed by atoms with Gasteiger partial charge >= 0.3 is 6.18 Å². The number of piperidine rings is 1. The molecule has 1 unspecified atom stereocenters. The lowest BCUT2D eigenvalue weighted by Gasteiger charge is -2.33. The Kier molecular flexibility index (Phi) is 7.27. The molecule has 2 rings (SSSR count). The standard InChI is InChI=1S/C20H27F3N2O2/c1-24(2)18(26)11-12-19(27)25-13-5-6-15(14-25)9-10-16-7-3-4-8-17(16)20(21,22)23/h3-4,7-8,15H,5-6,9-14H2,1-2H3. The van der Waals surface area contributed by atoms with Gasteiger partial charge in [0.2, 0.25) is 11.8 Å². The van der Waals surface area contributed by atoms with Crippen molar-refractivity contribution in [1.29, 1.82) is 0 Å². The second-order valence-corrected chi connectivity index (χ2v) is 7.33. The summed E-state index contributed by atoms with van der Waals surface area (Å²) in [5.41, 5.74) is -0.263. The molecule has 4 nitrogen and oxygen atoms in total. The molecule has 0 aliphatic carbocycles. The van der Waals surface area contributed by atoms with Crippen molar-refractivity contribution in [3.8, 4) is 0 Å². The Labute approximate surface area is 158 Å². The molecule has 1 aromatic carbocycles. The van der Waals surface area contributed by atoms with Gasteiger partial charge in [-0.2, -0.15) is 13.2 Å². The molecule has 1 atom stereocenters. The molecule has 150 valence electrons. The highest BCUT2D eigenvalue weighted by Crippen LogP contribution is 2.33. The van der Waals surface area contributed by atoms with Crippen LogP contribution < -0.4 is 0 Å². The van der Waals surface area contributed by atoms with Crippen molar-refractivity contribution in [1.82, 2.24) is 9.80 Å². The van der Waals surface area contributed by atoms with Crippen molar-refractivity contribution < 1.29 is 22.8 Å². The molecule has 7 heteroatoms. The predicted molar refractivity (Wildman–Crippen MR) is 97.0 cm³/mol. The second-order valence-electron chi connectivity index (χ2n) is 7.33. The van der Waals surface area contributed by atoms with Crippen LogP contribution in [0.1, 0.15) is 43.2 Å². The lowest BCUT2D eigenvalue weighted by molar-refractivity contribution is -0.138. The molecule has 2 amide bonds. The van der Waals surface area contributed by atoms with Gasteiger partial charge in [0.1, 0.15) is 0 Å². The number of halogens is 3. The van der Waals surface area contributed by atoms with Crippen LogP contribution in [-0.2, 0) is 22.2 Å². The summed E-state index contributed by atoms with van der Waals surface area (Å²) in [5, 5.41) is 0. The van der Waals surface area contributed by atoms with Gasteiger partial charge in [-0.25, -0.2) is 0 Å². The molecule has 0 aromatic heterocycles. The lowest BCUT2D eigenvalue weighted by atomic mass is 9.90. The van der Waals surface area contributed by atoms with Crippen LogP contribution in [0.2, 0.25) is 0 Å². The van der Waals surface area contributed by atoms with E-state index < -0.39 is 11.7 Å². The minimum atomic E-state index is -4.34. The zero-order valence-electron chi connectivity index (χ0n) is 15.9. The van der Waals surface area contributed by atoms with Gasteiger partial charge in [-0.1, -0.05) is 18.2 Å². The van der Waals surface area contributed by atoms with Crippen molar-refractivity contribution in [2.24, 2.45) is 5.92 Å². The lowest BCUT2D eigenvalue weighted by Crippen LogP contribution is -2.40. The van der Waals surface area contributed by atoms with Crippen molar-refractivity contribution in [3.05, 3.63) is 35.4 Å². The molecular formula is C20H27F3N2O2. The molecule has 1 heterocycles. The van der Waals surface area contributed by atoms with Crippen molar-refractivity contribution in [3.63, 3.8) is 0 Å². The zero-order chi connectivity index (χ0) is 20.0. The van der Waals surface area contributed by atoms with Crippen LogP contribution in [0.4, 0.5) is 13.2 Å². The Morgan fingerprint density at radius 3 is 2.56 bits per heavy atom. The van der Waals surface area contributed by atoms with E-state index in [0.29, 0.717) is 31.5 Å². The van der Waals surface area contributed by atoms with E-state index in [2.05, 4.69) is 0 Å². The van der Waals surface area contributed by atoms with Crippen molar-refractivity contribution in [2.75, 3.05) is 27.2 Å². The van der Waals surface area contributed by atoms with Gasteiger partial charge in [0.15, 0.2) is 0 Å². The van der Waals surface area contributed by atoms with Crippen LogP contribution in [0.5, 0.6) is 0 Å². The van der Waals surface area contributed by atoms with Gasteiger partial charge in [-0.15, -0.1) is 0 Å². The first kappa shape index (κ1) is 21.3. The minimum Gasteiger partial charge on any atom is -0.349 e. The van der Waals surface area contributed by atoms with Crippen molar-refractivity contribution in [2.45, 2.75) is 44.7 Å². The number of alkyl halides is 3. The maximum atomic E-state index is 13.1. The number of benzene rings is 1. The Morgan fingerprint density at radius 1 is 1.19 bits per heavy atom. The Hall–Kier alpha value is -2.05. The van der Waals surface area contributed by atoms with Gasteiger partial charge in [0, 0.05) is 40.0 Å². The van der Waals surface area contributed by atoms with Gasteiger partial charge in [-0.05, 0) is 43.2 Å².